The van der Waals surface area contributed by atoms with Gasteiger partial charge < -0.3 is 9.84 Å². The van der Waals surface area contributed by atoms with Crippen LogP contribution in [-0.4, -0.2) is 17.7 Å². The lowest BCUT2D eigenvalue weighted by Crippen LogP contribution is -2.09. The number of aromatic carboxylic acids is 1. The summed E-state index contributed by atoms with van der Waals surface area (Å²) in [7, 11) is 0. The molecule has 0 radical (unpaired) electrons. The molecule has 0 unspecified atom stereocenters. The zero-order valence-corrected chi connectivity index (χ0v) is 11.6. The fourth-order valence-corrected chi connectivity index (χ4v) is 1.72. The molecular weight excluding hydrogens is 228 g/mol. The van der Waals surface area contributed by atoms with Gasteiger partial charge in [0.1, 0.15) is 11.3 Å². The second-order valence-electron chi connectivity index (χ2n) is 5.82. The molecule has 0 atom stereocenters. The molecule has 1 aromatic carbocycles. The van der Waals surface area contributed by atoms with Crippen molar-refractivity contribution in [2.24, 2.45) is 5.41 Å². The highest BCUT2D eigenvalue weighted by Crippen LogP contribution is 2.23. The Bertz CT molecular complexity index is 416. The summed E-state index contributed by atoms with van der Waals surface area (Å²) in [5, 5.41) is 9.10. The van der Waals surface area contributed by atoms with Gasteiger partial charge in [-0.3, -0.25) is 0 Å². The van der Waals surface area contributed by atoms with Crippen molar-refractivity contribution in [2.45, 2.75) is 40.5 Å². The van der Waals surface area contributed by atoms with E-state index < -0.39 is 5.97 Å². The molecule has 0 aliphatic rings. The molecule has 1 N–H and O–H groups in total. The van der Waals surface area contributed by atoms with E-state index in [4.69, 9.17) is 9.84 Å². The molecule has 100 valence electrons. The summed E-state index contributed by atoms with van der Waals surface area (Å²) >= 11 is 0. The van der Waals surface area contributed by atoms with Crippen LogP contribution >= 0.6 is 0 Å². The summed E-state index contributed by atoms with van der Waals surface area (Å²) < 4.78 is 5.57. The number of carboxylic acid groups (broad SMARTS) is 1. The molecule has 1 rings (SSSR count). The van der Waals surface area contributed by atoms with Gasteiger partial charge in [-0.15, -0.1) is 0 Å². The van der Waals surface area contributed by atoms with Crippen LogP contribution in [0.15, 0.2) is 18.2 Å². The predicted octanol–water partition coefficient (Wildman–Crippen LogP) is 3.90. The monoisotopic (exact) mass is 250 g/mol. The average molecular weight is 250 g/mol. The molecular formula is C15H22O3. The van der Waals surface area contributed by atoms with Crippen LogP contribution < -0.4 is 4.74 Å². The van der Waals surface area contributed by atoms with Gasteiger partial charge in [0.05, 0.1) is 6.61 Å². The number of benzene rings is 1. The molecule has 18 heavy (non-hydrogen) atoms. The van der Waals surface area contributed by atoms with Gasteiger partial charge in [-0.2, -0.15) is 0 Å². The Morgan fingerprint density at radius 1 is 1.33 bits per heavy atom. The van der Waals surface area contributed by atoms with Gasteiger partial charge in [-0.1, -0.05) is 32.4 Å². The summed E-state index contributed by atoms with van der Waals surface area (Å²) in [5.74, 6) is -0.480. The molecule has 0 amide bonds. The molecule has 0 heterocycles. The zero-order chi connectivity index (χ0) is 13.8. The van der Waals surface area contributed by atoms with Crippen molar-refractivity contribution in [2.75, 3.05) is 6.61 Å². The number of hydrogen-bond acceptors (Lipinski definition) is 2. The molecule has 0 saturated heterocycles. The van der Waals surface area contributed by atoms with Gasteiger partial charge in [-0.05, 0) is 37.3 Å². The number of carboxylic acids is 1. The molecule has 3 heteroatoms. The predicted molar refractivity (Wildman–Crippen MR) is 72.3 cm³/mol. The maximum absolute atomic E-state index is 11.1. The van der Waals surface area contributed by atoms with E-state index in [2.05, 4.69) is 20.8 Å². The summed E-state index contributed by atoms with van der Waals surface area (Å²) in [6.07, 6.45) is 1.98. The number of rotatable bonds is 5. The van der Waals surface area contributed by atoms with Gasteiger partial charge in [0, 0.05) is 0 Å². The van der Waals surface area contributed by atoms with Gasteiger partial charge in [0.2, 0.25) is 0 Å². The van der Waals surface area contributed by atoms with Gasteiger partial charge in [0.25, 0.3) is 0 Å². The SMILES string of the molecule is Cc1ccc(OCCCC(C)(C)C)c(C(=O)O)c1. The van der Waals surface area contributed by atoms with Crippen LogP contribution in [0.25, 0.3) is 0 Å². The number of ether oxygens (including phenoxy) is 1. The van der Waals surface area contributed by atoms with E-state index >= 15 is 0 Å². The smallest absolute Gasteiger partial charge is 0.339 e. The van der Waals surface area contributed by atoms with E-state index in [9.17, 15) is 4.79 Å². The summed E-state index contributed by atoms with van der Waals surface area (Å²) in [5.41, 5.74) is 1.45. The molecule has 0 spiro atoms. The Morgan fingerprint density at radius 2 is 2.00 bits per heavy atom. The third-order valence-electron chi connectivity index (χ3n) is 2.69. The van der Waals surface area contributed by atoms with E-state index in [0.717, 1.165) is 18.4 Å². The first-order valence-electron chi connectivity index (χ1n) is 6.26. The lowest BCUT2D eigenvalue weighted by Gasteiger charge is -2.18. The lowest BCUT2D eigenvalue weighted by atomic mass is 9.91. The van der Waals surface area contributed by atoms with Crippen molar-refractivity contribution in [3.05, 3.63) is 29.3 Å². The Balaban J connectivity index is 2.59. The lowest BCUT2D eigenvalue weighted by molar-refractivity contribution is 0.0692. The van der Waals surface area contributed by atoms with Crippen LogP contribution in [0.1, 0.15) is 49.5 Å². The molecule has 0 aromatic heterocycles. The van der Waals surface area contributed by atoms with Crippen LogP contribution in [-0.2, 0) is 0 Å². The molecule has 1 aromatic rings. The van der Waals surface area contributed by atoms with Gasteiger partial charge in [0.15, 0.2) is 0 Å². The van der Waals surface area contributed by atoms with E-state index in [0.29, 0.717) is 12.4 Å². The topological polar surface area (TPSA) is 46.5 Å². The number of hydrogen-bond donors (Lipinski definition) is 1. The number of aryl methyl sites for hydroxylation is 1. The van der Waals surface area contributed by atoms with Crippen LogP contribution in [0.4, 0.5) is 0 Å². The Labute approximate surface area is 109 Å². The Hall–Kier alpha value is -1.51. The zero-order valence-electron chi connectivity index (χ0n) is 11.6. The third-order valence-corrected chi connectivity index (χ3v) is 2.69. The maximum atomic E-state index is 11.1. The highest BCUT2D eigenvalue weighted by Gasteiger charge is 2.13. The molecule has 0 saturated carbocycles. The molecule has 0 fully saturated rings. The maximum Gasteiger partial charge on any atom is 0.339 e. The fourth-order valence-electron chi connectivity index (χ4n) is 1.72. The summed E-state index contributed by atoms with van der Waals surface area (Å²) in [6.45, 7) is 8.97. The van der Waals surface area contributed by atoms with Crippen LogP contribution in [0, 0.1) is 12.3 Å². The number of carbonyl (C=O) groups is 1. The Kier molecular flexibility index (Phi) is 4.76. The van der Waals surface area contributed by atoms with Gasteiger partial charge >= 0.3 is 5.97 Å². The minimum atomic E-state index is -0.940. The van der Waals surface area contributed by atoms with Crippen LogP contribution in [0.2, 0.25) is 0 Å². The minimum Gasteiger partial charge on any atom is -0.493 e. The molecule has 3 nitrogen and oxygen atoms in total. The average Bonchev–Trinajstić information content (AvgIpc) is 2.24. The van der Waals surface area contributed by atoms with Crippen molar-refractivity contribution in [1.82, 2.24) is 0 Å². The highest BCUT2D eigenvalue weighted by atomic mass is 16.5. The molecule has 0 aliphatic heterocycles. The van der Waals surface area contributed by atoms with Gasteiger partial charge in [-0.25, -0.2) is 4.79 Å². The van der Waals surface area contributed by atoms with Crippen molar-refractivity contribution in [1.29, 1.82) is 0 Å². The molecule has 0 aliphatic carbocycles. The van der Waals surface area contributed by atoms with Crippen molar-refractivity contribution >= 4 is 5.97 Å². The van der Waals surface area contributed by atoms with Crippen LogP contribution in [0.3, 0.4) is 0 Å². The van der Waals surface area contributed by atoms with E-state index in [-0.39, 0.29) is 11.0 Å². The first kappa shape index (κ1) is 14.6. The third kappa shape index (κ3) is 4.78. The first-order chi connectivity index (χ1) is 8.29. The summed E-state index contributed by atoms with van der Waals surface area (Å²) in [4.78, 5) is 11.1. The first-order valence-corrected chi connectivity index (χ1v) is 6.26. The van der Waals surface area contributed by atoms with Crippen molar-refractivity contribution in [3.8, 4) is 5.75 Å². The normalized spacial score (nSPS) is 11.3. The quantitative estimate of drug-likeness (QED) is 0.806. The van der Waals surface area contributed by atoms with Crippen LogP contribution in [0.5, 0.6) is 5.75 Å². The van der Waals surface area contributed by atoms with E-state index in [1.165, 1.54) is 0 Å². The van der Waals surface area contributed by atoms with E-state index in [1.807, 2.05) is 13.0 Å². The van der Waals surface area contributed by atoms with E-state index in [1.54, 1.807) is 12.1 Å². The minimum absolute atomic E-state index is 0.241. The second-order valence-corrected chi connectivity index (χ2v) is 5.82. The largest absolute Gasteiger partial charge is 0.493 e. The highest BCUT2D eigenvalue weighted by molar-refractivity contribution is 5.91. The Morgan fingerprint density at radius 3 is 2.56 bits per heavy atom. The summed E-state index contributed by atoms with van der Waals surface area (Å²) in [6, 6.07) is 5.24. The second kappa shape index (κ2) is 5.89. The standard InChI is InChI=1S/C15H22O3/c1-11-6-7-13(12(10-11)14(16)17)18-9-5-8-15(2,3)4/h6-7,10H,5,8-9H2,1-4H3,(H,16,17). The van der Waals surface area contributed by atoms with Crippen molar-refractivity contribution in [3.63, 3.8) is 0 Å². The van der Waals surface area contributed by atoms with Crippen molar-refractivity contribution < 1.29 is 14.6 Å². The molecule has 0 bridgehead atoms. The fraction of sp³-hybridized carbons (Fsp3) is 0.533.